The number of fused-ring (bicyclic) bond motifs is 1. The Morgan fingerprint density at radius 1 is 1.10 bits per heavy atom. The number of carbonyl (C=O) groups is 1. The number of nitrogens with zero attached hydrogens (tertiary/aromatic N) is 2. The van der Waals surface area contributed by atoms with Gasteiger partial charge in [0, 0.05) is 18.9 Å². The number of rotatable bonds is 7. The van der Waals surface area contributed by atoms with Gasteiger partial charge in [0.15, 0.2) is 0 Å². The summed E-state index contributed by atoms with van der Waals surface area (Å²) in [6.45, 7) is 4.61. The van der Waals surface area contributed by atoms with Crippen molar-refractivity contribution < 1.29 is 9.53 Å². The molecule has 4 heteroatoms. The molecule has 0 N–H and O–H groups in total. The summed E-state index contributed by atoms with van der Waals surface area (Å²) in [5.41, 5.74) is 3.71. The molecule has 2 aromatic carbocycles. The Morgan fingerprint density at radius 2 is 1.87 bits per heavy atom. The Balaban J connectivity index is 1.76. The minimum atomic E-state index is -0.646. The lowest BCUT2D eigenvalue weighted by Crippen LogP contribution is -2.45. The standard InChI is InChI=1S/C27H28N2O2/c1-4-27(2,22-14-16-28-17-15-22)26(30)29(19-20-8-7-10-23(18-20)31-3)25-13-12-21-9-5-6-11-24(21)25/h5-18,25H,4,19H2,1-3H3. The molecular weight excluding hydrogens is 384 g/mol. The number of hydrogen-bond donors (Lipinski definition) is 0. The highest BCUT2D eigenvalue weighted by atomic mass is 16.5. The molecule has 1 aliphatic rings. The van der Waals surface area contributed by atoms with E-state index in [1.54, 1.807) is 19.5 Å². The second-order valence-corrected chi connectivity index (χ2v) is 8.14. The highest BCUT2D eigenvalue weighted by Gasteiger charge is 2.40. The predicted octanol–water partition coefficient (Wildman–Crippen LogP) is 5.55. The van der Waals surface area contributed by atoms with Crippen molar-refractivity contribution in [3.05, 3.63) is 101 Å². The van der Waals surface area contributed by atoms with Crippen molar-refractivity contribution in [2.75, 3.05) is 7.11 Å². The lowest BCUT2D eigenvalue weighted by molar-refractivity contribution is -0.139. The molecular formula is C27H28N2O2. The van der Waals surface area contributed by atoms with E-state index in [0.717, 1.165) is 28.0 Å². The molecule has 4 rings (SSSR count). The van der Waals surface area contributed by atoms with Gasteiger partial charge in [-0.05, 0) is 59.9 Å². The lowest BCUT2D eigenvalue weighted by Gasteiger charge is -2.38. The first kappa shape index (κ1) is 20.9. The fraction of sp³-hybridized carbons (Fsp3) is 0.259. The van der Waals surface area contributed by atoms with Crippen LogP contribution in [0.3, 0.4) is 0 Å². The van der Waals surface area contributed by atoms with E-state index in [4.69, 9.17) is 4.74 Å². The Hall–Kier alpha value is -3.40. The average molecular weight is 413 g/mol. The Kier molecular flexibility index (Phi) is 5.90. The van der Waals surface area contributed by atoms with Crippen LogP contribution in [0.25, 0.3) is 6.08 Å². The predicted molar refractivity (Wildman–Crippen MR) is 124 cm³/mol. The number of hydrogen-bond acceptors (Lipinski definition) is 3. The highest BCUT2D eigenvalue weighted by molar-refractivity contribution is 5.89. The summed E-state index contributed by atoms with van der Waals surface area (Å²) < 4.78 is 5.41. The second kappa shape index (κ2) is 8.76. The van der Waals surface area contributed by atoms with Crippen LogP contribution in [0.4, 0.5) is 0 Å². The number of aromatic nitrogens is 1. The monoisotopic (exact) mass is 412 g/mol. The summed E-state index contributed by atoms with van der Waals surface area (Å²) in [5, 5.41) is 0. The Bertz CT molecular complexity index is 1090. The molecule has 2 unspecified atom stereocenters. The molecule has 3 aromatic rings. The van der Waals surface area contributed by atoms with E-state index in [0.29, 0.717) is 13.0 Å². The minimum absolute atomic E-state index is 0.107. The molecule has 0 aliphatic heterocycles. The molecule has 31 heavy (non-hydrogen) atoms. The summed E-state index contributed by atoms with van der Waals surface area (Å²) >= 11 is 0. The lowest BCUT2D eigenvalue weighted by atomic mass is 9.78. The van der Waals surface area contributed by atoms with Gasteiger partial charge in [-0.3, -0.25) is 9.78 Å². The molecule has 158 valence electrons. The molecule has 4 nitrogen and oxygen atoms in total. The highest BCUT2D eigenvalue weighted by Crippen LogP contribution is 2.38. The van der Waals surface area contributed by atoms with Crippen molar-refractivity contribution in [2.24, 2.45) is 0 Å². The molecule has 0 bridgehead atoms. The third-order valence-corrected chi connectivity index (χ3v) is 6.35. The number of benzene rings is 2. The fourth-order valence-corrected chi connectivity index (χ4v) is 4.28. The van der Waals surface area contributed by atoms with Gasteiger partial charge in [0.05, 0.1) is 18.6 Å². The van der Waals surface area contributed by atoms with Gasteiger partial charge in [-0.2, -0.15) is 0 Å². The number of amides is 1. The van der Waals surface area contributed by atoms with Crippen LogP contribution in [0.2, 0.25) is 0 Å². The van der Waals surface area contributed by atoms with Crippen LogP contribution in [0.15, 0.2) is 79.1 Å². The topological polar surface area (TPSA) is 42.4 Å². The van der Waals surface area contributed by atoms with E-state index in [1.807, 2.05) is 60.4 Å². The maximum Gasteiger partial charge on any atom is 0.233 e. The zero-order valence-electron chi connectivity index (χ0n) is 18.3. The number of ether oxygens (including phenoxy) is 1. The van der Waals surface area contributed by atoms with E-state index in [1.165, 1.54) is 0 Å². The zero-order valence-corrected chi connectivity index (χ0v) is 18.3. The smallest absolute Gasteiger partial charge is 0.233 e. The summed E-state index contributed by atoms with van der Waals surface area (Å²) in [7, 11) is 1.66. The van der Waals surface area contributed by atoms with Crippen molar-refractivity contribution in [1.82, 2.24) is 9.88 Å². The molecule has 0 radical (unpaired) electrons. The van der Waals surface area contributed by atoms with Gasteiger partial charge in [0.2, 0.25) is 5.91 Å². The van der Waals surface area contributed by atoms with Crippen LogP contribution < -0.4 is 4.74 Å². The maximum absolute atomic E-state index is 14.2. The van der Waals surface area contributed by atoms with Gasteiger partial charge in [0.1, 0.15) is 5.75 Å². The first-order valence-corrected chi connectivity index (χ1v) is 10.7. The van der Waals surface area contributed by atoms with Crippen LogP contribution in [0.5, 0.6) is 5.75 Å². The fourth-order valence-electron chi connectivity index (χ4n) is 4.28. The molecule has 1 heterocycles. The number of methoxy groups -OCH3 is 1. The van der Waals surface area contributed by atoms with E-state index in [2.05, 4.69) is 36.2 Å². The molecule has 0 saturated heterocycles. The van der Waals surface area contributed by atoms with Crippen LogP contribution in [0, 0.1) is 0 Å². The van der Waals surface area contributed by atoms with Gasteiger partial charge in [-0.15, -0.1) is 0 Å². The molecule has 0 saturated carbocycles. The van der Waals surface area contributed by atoms with Crippen LogP contribution in [-0.4, -0.2) is 22.9 Å². The molecule has 1 aliphatic carbocycles. The third kappa shape index (κ3) is 3.98. The molecule has 1 aromatic heterocycles. The molecule has 1 amide bonds. The SMILES string of the molecule is CCC(C)(C(=O)N(Cc1cccc(OC)c1)C1C=Cc2ccccc21)c1ccncc1. The van der Waals surface area contributed by atoms with Gasteiger partial charge in [-0.1, -0.05) is 55.5 Å². The summed E-state index contributed by atoms with van der Waals surface area (Å²) in [6.07, 6.45) is 8.46. The number of pyridine rings is 1. The van der Waals surface area contributed by atoms with Crippen molar-refractivity contribution in [2.45, 2.75) is 38.3 Å². The van der Waals surface area contributed by atoms with Gasteiger partial charge < -0.3 is 9.64 Å². The minimum Gasteiger partial charge on any atom is -0.497 e. The summed E-state index contributed by atoms with van der Waals surface area (Å²) in [6, 6.07) is 20.0. The second-order valence-electron chi connectivity index (χ2n) is 8.14. The van der Waals surface area contributed by atoms with Crippen LogP contribution in [0.1, 0.15) is 48.6 Å². The van der Waals surface area contributed by atoms with Gasteiger partial charge >= 0.3 is 0 Å². The Morgan fingerprint density at radius 3 is 2.61 bits per heavy atom. The molecule has 0 spiro atoms. The van der Waals surface area contributed by atoms with Crippen molar-refractivity contribution in [3.63, 3.8) is 0 Å². The van der Waals surface area contributed by atoms with Crippen LogP contribution >= 0.6 is 0 Å². The molecule has 0 fully saturated rings. The average Bonchev–Trinajstić information content (AvgIpc) is 3.26. The summed E-state index contributed by atoms with van der Waals surface area (Å²) in [4.78, 5) is 20.3. The summed E-state index contributed by atoms with van der Waals surface area (Å²) in [5.74, 6) is 0.898. The normalized spacial score (nSPS) is 16.4. The first-order valence-electron chi connectivity index (χ1n) is 10.7. The van der Waals surface area contributed by atoms with Crippen molar-refractivity contribution in [3.8, 4) is 5.75 Å². The van der Waals surface area contributed by atoms with Gasteiger partial charge in [0.25, 0.3) is 0 Å². The van der Waals surface area contributed by atoms with E-state index < -0.39 is 5.41 Å². The third-order valence-electron chi connectivity index (χ3n) is 6.35. The molecule has 2 atom stereocenters. The zero-order chi connectivity index (χ0) is 21.8. The van der Waals surface area contributed by atoms with Gasteiger partial charge in [-0.25, -0.2) is 0 Å². The van der Waals surface area contributed by atoms with E-state index in [9.17, 15) is 4.79 Å². The van der Waals surface area contributed by atoms with E-state index >= 15 is 0 Å². The Labute approximate surface area is 184 Å². The number of carbonyl (C=O) groups excluding carboxylic acids is 1. The van der Waals surface area contributed by atoms with Crippen molar-refractivity contribution in [1.29, 1.82) is 0 Å². The maximum atomic E-state index is 14.2. The first-order chi connectivity index (χ1) is 15.1. The quantitative estimate of drug-likeness (QED) is 0.511. The van der Waals surface area contributed by atoms with Crippen molar-refractivity contribution >= 4 is 12.0 Å². The van der Waals surface area contributed by atoms with Crippen LogP contribution in [-0.2, 0) is 16.8 Å². The largest absolute Gasteiger partial charge is 0.497 e. The van der Waals surface area contributed by atoms with E-state index in [-0.39, 0.29) is 11.9 Å².